The van der Waals surface area contributed by atoms with Gasteiger partial charge in [-0.25, -0.2) is 0 Å². The number of amidine groups is 1. The van der Waals surface area contributed by atoms with Crippen molar-refractivity contribution in [2.75, 3.05) is 11.9 Å². The number of nitrogens with zero attached hydrogens (tertiary/aromatic N) is 1. The van der Waals surface area contributed by atoms with Gasteiger partial charge in [0.25, 0.3) is 0 Å². The Morgan fingerprint density at radius 1 is 1.32 bits per heavy atom. The Morgan fingerprint density at radius 3 is 2.79 bits per heavy atom. The van der Waals surface area contributed by atoms with Gasteiger partial charge in [-0.05, 0) is 36.0 Å². The van der Waals surface area contributed by atoms with E-state index in [4.69, 9.17) is 0 Å². The lowest BCUT2D eigenvalue weighted by Gasteiger charge is -2.12. The molecule has 0 amide bonds. The number of anilines is 1. The maximum Gasteiger partial charge on any atom is 0.161 e. The van der Waals surface area contributed by atoms with Crippen LogP contribution in [0.5, 0.6) is 0 Å². The van der Waals surface area contributed by atoms with Gasteiger partial charge < -0.3 is 5.32 Å². The van der Waals surface area contributed by atoms with E-state index >= 15 is 0 Å². The molecular weight excluding hydrogens is 252 g/mol. The lowest BCUT2D eigenvalue weighted by molar-refractivity contribution is 0.575. The molecule has 104 valence electrons. The summed E-state index contributed by atoms with van der Waals surface area (Å²) < 4.78 is 0. The molecule has 0 aliphatic carbocycles. The van der Waals surface area contributed by atoms with Crippen LogP contribution in [0.1, 0.15) is 45.6 Å². The monoisotopic (exact) mass is 276 g/mol. The highest BCUT2D eigenvalue weighted by atomic mass is 32.2. The predicted molar refractivity (Wildman–Crippen MR) is 87.3 cm³/mol. The number of benzene rings is 1. The quantitative estimate of drug-likeness (QED) is 0.859. The Labute approximate surface area is 121 Å². The van der Waals surface area contributed by atoms with E-state index in [1.54, 1.807) is 0 Å². The molecule has 1 N–H and O–H groups in total. The second kappa shape index (κ2) is 6.47. The third kappa shape index (κ3) is 4.27. The summed E-state index contributed by atoms with van der Waals surface area (Å²) in [7, 11) is 0. The molecule has 1 aliphatic heterocycles. The molecule has 0 radical (unpaired) electrons. The van der Waals surface area contributed by atoms with Gasteiger partial charge in [-0.15, -0.1) is 0 Å². The Hall–Kier alpha value is -0.960. The lowest BCUT2D eigenvalue weighted by atomic mass is 10.0. The number of nitrogens with one attached hydrogen (secondary N) is 1. The fourth-order valence-corrected chi connectivity index (χ4v) is 3.51. The molecule has 1 heterocycles. The van der Waals surface area contributed by atoms with Crippen LogP contribution in [0.3, 0.4) is 0 Å². The minimum atomic E-state index is 0.564. The number of hydrogen-bond acceptors (Lipinski definition) is 3. The summed E-state index contributed by atoms with van der Waals surface area (Å²) in [6.45, 7) is 9.95. The van der Waals surface area contributed by atoms with Gasteiger partial charge in [0.1, 0.15) is 0 Å². The van der Waals surface area contributed by atoms with Gasteiger partial charge in [0.05, 0.1) is 6.54 Å². The maximum absolute atomic E-state index is 4.61. The van der Waals surface area contributed by atoms with E-state index in [9.17, 15) is 0 Å². The molecule has 0 fully saturated rings. The molecule has 1 aromatic carbocycles. The molecule has 1 unspecified atom stereocenters. The fraction of sp³-hybridized carbons (Fsp3) is 0.562. The topological polar surface area (TPSA) is 24.4 Å². The zero-order chi connectivity index (χ0) is 13.8. The van der Waals surface area contributed by atoms with Crippen molar-refractivity contribution in [3.05, 3.63) is 29.8 Å². The maximum atomic E-state index is 4.61. The number of thioether (sulfide) groups is 1. The van der Waals surface area contributed by atoms with Crippen molar-refractivity contribution in [2.45, 2.75) is 45.3 Å². The average molecular weight is 276 g/mol. The lowest BCUT2D eigenvalue weighted by Crippen LogP contribution is -2.09. The van der Waals surface area contributed by atoms with Crippen LogP contribution < -0.4 is 5.32 Å². The normalized spacial score (nSPS) is 19.1. The summed E-state index contributed by atoms with van der Waals surface area (Å²) in [6.07, 6.45) is 1.24. The molecule has 1 atom stereocenters. The van der Waals surface area contributed by atoms with Crippen LogP contribution in [0.2, 0.25) is 0 Å². The predicted octanol–water partition coefficient (Wildman–Crippen LogP) is 4.74. The van der Waals surface area contributed by atoms with E-state index in [2.05, 4.69) is 62.3 Å². The first kappa shape index (κ1) is 14.4. The summed E-state index contributed by atoms with van der Waals surface area (Å²) in [5.74, 6) is 1.31. The summed E-state index contributed by atoms with van der Waals surface area (Å²) in [5, 5.41) is 5.18. The molecule has 0 saturated heterocycles. The van der Waals surface area contributed by atoms with Crippen LogP contribution in [-0.4, -0.2) is 17.0 Å². The van der Waals surface area contributed by atoms with Crippen LogP contribution in [0.4, 0.5) is 5.69 Å². The Morgan fingerprint density at radius 2 is 2.11 bits per heavy atom. The van der Waals surface area contributed by atoms with Gasteiger partial charge in [-0.2, -0.15) is 0 Å². The highest BCUT2D eigenvalue weighted by molar-refractivity contribution is 8.15. The van der Waals surface area contributed by atoms with Crippen LogP contribution in [0.15, 0.2) is 29.3 Å². The molecule has 2 rings (SSSR count). The molecule has 0 saturated carbocycles. The van der Waals surface area contributed by atoms with Crippen molar-refractivity contribution in [1.82, 2.24) is 0 Å². The molecule has 19 heavy (non-hydrogen) atoms. The van der Waals surface area contributed by atoms with Crippen LogP contribution in [-0.2, 0) is 0 Å². The van der Waals surface area contributed by atoms with Crippen molar-refractivity contribution < 1.29 is 0 Å². The van der Waals surface area contributed by atoms with Crippen molar-refractivity contribution in [2.24, 2.45) is 10.9 Å². The van der Waals surface area contributed by atoms with Gasteiger partial charge in [-0.3, -0.25) is 4.99 Å². The highest BCUT2D eigenvalue weighted by Crippen LogP contribution is 2.28. The summed E-state index contributed by atoms with van der Waals surface area (Å²) in [6, 6.07) is 8.64. The first-order valence-corrected chi connectivity index (χ1v) is 8.00. The first-order chi connectivity index (χ1) is 9.04. The summed E-state index contributed by atoms with van der Waals surface area (Å²) in [5.41, 5.74) is 2.52. The van der Waals surface area contributed by atoms with Crippen LogP contribution in [0, 0.1) is 5.92 Å². The Balaban J connectivity index is 1.94. The van der Waals surface area contributed by atoms with Crippen molar-refractivity contribution >= 4 is 22.6 Å². The zero-order valence-corrected chi connectivity index (χ0v) is 13.1. The van der Waals surface area contributed by atoms with Gasteiger partial charge in [0, 0.05) is 10.9 Å². The number of rotatable bonds is 4. The van der Waals surface area contributed by atoms with Crippen molar-refractivity contribution in [3.8, 4) is 0 Å². The van der Waals surface area contributed by atoms with E-state index in [1.807, 2.05) is 11.8 Å². The SMILES string of the molecule is CC(C)CC1CN=C(Nc2cccc(C(C)C)c2)S1. The molecule has 1 aromatic rings. The number of hydrogen-bond donors (Lipinski definition) is 1. The van der Waals surface area contributed by atoms with Crippen molar-refractivity contribution in [3.63, 3.8) is 0 Å². The Bertz CT molecular complexity index is 452. The molecule has 2 nitrogen and oxygen atoms in total. The second-order valence-corrected chi connectivity index (χ2v) is 7.21. The molecule has 1 aliphatic rings. The molecule has 0 aromatic heterocycles. The first-order valence-electron chi connectivity index (χ1n) is 7.12. The largest absolute Gasteiger partial charge is 0.335 e. The molecular formula is C16H24N2S. The van der Waals surface area contributed by atoms with E-state index in [1.165, 1.54) is 12.0 Å². The van der Waals surface area contributed by atoms with E-state index in [-0.39, 0.29) is 0 Å². The molecule has 0 bridgehead atoms. The van der Waals surface area contributed by atoms with E-state index in [0.29, 0.717) is 11.2 Å². The minimum absolute atomic E-state index is 0.564. The van der Waals surface area contributed by atoms with E-state index in [0.717, 1.165) is 23.3 Å². The smallest absolute Gasteiger partial charge is 0.161 e. The van der Waals surface area contributed by atoms with E-state index < -0.39 is 0 Å². The second-order valence-electron chi connectivity index (χ2n) is 5.92. The van der Waals surface area contributed by atoms with Crippen LogP contribution >= 0.6 is 11.8 Å². The fourth-order valence-electron chi connectivity index (χ4n) is 2.23. The third-order valence-electron chi connectivity index (χ3n) is 3.26. The molecule has 3 heteroatoms. The van der Waals surface area contributed by atoms with Gasteiger partial charge >= 0.3 is 0 Å². The Kier molecular flexibility index (Phi) is 4.92. The zero-order valence-electron chi connectivity index (χ0n) is 12.3. The summed E-state index contributed by atoms with van der Waals surface area (Å²) >= 11 is 1.89. The van der Waals surface area contributed by atoms with Crippen molar-refractivity contribution in [1.29, 1.82) is 0 Å². The van der Waals surface area contributed by atoms with Gasteiger partial charge in [0.2, 0.25) is 0 Å². The molecule has 0 spiro atoms. The van der Waals surface area contributed by atoms with Gasteiger partial charge in [-0.1, -0.05) is 51.6 Å². The number of aliphatic imine (C=N–C) groups is 1. The standard InChI is InChI=1S/C16H24N2S/c1-11(2)8-15-10-17-16(19-15)18-14-7-5-6-13(9-14)12(3)4/h5-7,9,11-12,15H,8,10H2,1-4H3,(H,17,18). The highest BCUT2D eigenvalue weighted by Gasteiger charge is 2.20. The van der Waals surface area contributed by atoms with Gasteiger partial charge in [0.15, 0.2) is 5.17 Å². The summed E-state index contributed by atoms with van der Waals surface area (Å²) in [4.78, 5) is 4.61. The average Bonchev–Trinajstić information content (AvgIpc) is 2.76. The third-order valence-corrected chi connectivity index (χ3v) is 4.38. The minimum Gasteiger partial charge on any atom is -0.335 e. The van der Waals surface area contributed by atoms with Crippen LogP contribution in [0.25, 0.3) is 0 Å².